The molecule has 1 aromatic carbocycles. The van der Waals surface area contributed by atoms with E-state index in [-0.39, 0.29) is 0 Å². The molecule has 0 radical (unpaired) electrons. The Morgan fingerprint density at radius 3 is 3.00 bits per heavy atom. The first kappa shape index (κ1) is 10.4. The van der Waals surface area contributed by atoms with Gasteiger partial charge in [-0.2, -0.15) is 0 Å². The zero-order valence-corrected chi connectivity index (χ0v) is 10.6. The fourth-order valence-corrected chi connectivity index (χ4v) is 3.46. The van der Waals surface area contributed by atoms with Crippen LogP contribution in [-0.4, -0.2) is 30.8 Å². The molecule has 2 unspecified atom stereocenters. The molecule has 0 saturated carbocycles. The van der Waals surface area contributed by atoms with Gasteiger partial charge in [-0.05, 0) is 49.6 Å². The first-order valence-corrected chi connectivity index (χ1v) is 6.65. The van der Waals surface area contributed by atoms with E-state index in [1.807, 2.05) is 6.07 Å². The van der Waals surface area contributed by atoms with Gasteiger partial charge in [-0.3, -0.25) is 4.90 Å². The summed E-state index contributed by atoms with van der Waals surface area (Å²) in [5.74, 6) is 1.75. The number of likely N-dealkylation sites (N-methyl/N-ethyl adjacent to an activating group) is 1. The van der Waals surface area contributed by atoms with Crippen LogP contribution >= 0.6 is 0 Å². The van der Waals surface area contributed by atoms with Crippen LogP contribution in [0.25, 0.3) is 5.57 Å². The van der Waals surface area contributed by atoms with Crippen molar-refractivity contribution in [2.75, 3.05) is 13.8 Å². The second-order valence-corrected chi connectivity index (χ2v) is 5.38. The molecule has 3 nitrogen and oxygen atoms in total. The number of benzene rings is 1. The van der Waals surface area contributed by atoms with Gasteiger partial charge in [0.05, 0.1) is 0 Å². The highest BCUT2D eigenvalue weighted by molar-refractivity contribution is 5.73. The molecule has 0 aromatic heterocycles. The van der Waals surface area contributed by atoms with Crippen molar-refractivity contribution >= 4 is 5.57 Å². The highest BCUT2D eigenvalue weighted by atomic mass is 16.7. The monoisotopic (exact) mass is 243 g/mol. The van der Waals surface area contributed by atoms with Gasteiger partial charge in [-0.1, -0.05) is 12.1 Å². The van der Waals surface area contributed by atoms with Crippen molar-refractivity contribution < 1.29 is 9.47 Å². The summed E-state index contributed by atoms with van der Waals surface area (Å²) in [6.45, 7) is 0.350. The van der Waals surface area contributed by atoms with Crippen molar-refractivity contribution in [3.05, 3.63) is 29.8 Å². The van der Waals surface area contributed by atoms with Gasteiger partial charge in [-0.25, -0.2) is 0 Å². The Balaban J connectivity index is 1.73. The zero-order valence-electron chi connectivity index (χ0n) is 10.6. The van der Waals surface area contributed by atoms with E-state index >= 15 is 0 Å². The zero-order chi connectivity index (χ0) is 12.1. The topological polar surface area (TPSA) is 21.7 Å². The van der Waals surface area contributed by atoms with E-state index in [1.54, 1.807) is 0 Å². The van der Waals surface area contributed by atoms with Crippen molar-refractivity contribution in [1.29, 1.82) is 0 Å². The van der Waals surface area contributed by atoms with Crippen molar-refractivity contribution in [3.63, 3.8) is 0 Å². The SMILES string of the molecule is CN1C2CC=C(c3ccc4c(c3)OCO4)C1CC2. The quantitative estimate of drug-likeness (QED) is 0.757. The number of ether oxygens (including phenoxy) is 2. The van der Waals surface area contributed by atoms with Gasteiger partial charge in [0.25, 0.3) is 0 Å². The number of hydrogen-bond acceptors (Lipinski definition) is 3. The van der Waals surface area contributed by atoms with Gasteiger partial charge in [0.2, 0.25) is 6.79 Å². The highest BCUT2D eigenvalue weighted by Gasteiger charge is 2.36. The van der Waals surface area contributed by atoms with Gasteiger partial charge in [-0.15, -0.1) is 0 Å². The van der Waals surface area contributed by atoms with Crippen LogP contribution in [0.3, 0.4) is 0 Å². The third kappa shape index (κ3) is 1.40. The van der Waals surface area contributed by atoms with E-state index in [4.69, 9.17) is 9.47 Å². The van der Waals surface area contributed by atoms with Crippen LogP contribution in [-0.2, 0) is 0 Å². The summed E-state index contributed by atoms with van der Waals surface area (Å²) in [7, 11) is 2.25. The molecule has 3 aliphatic heterocycles. The molecule has 2 bridgehead atoms. The van der Waals surface area contributed by atoms with Crippen LogP contribution in [0.1, 0.15) is 24.8 Å². The summed E-state index contributed by atoms with van der Waals surface area (Å²) in [6.07, 6.45) is 6.20. The molecule has 1 saturated heterocycles. The van der Waals surface area contributed by atoms with Gasteiger partial charge >= 0.3 is 0 Å². The van der Waals surface area contributed by atoms with E-state index < -0.39 is 0 Å². The summed E-state index contributed by atoms with van der Waals surface area (Å²) >= 11 is 0. The minimum atomic E-state index is 0.350. The Hall–Kier alpha value is -1.48. The Morgan fingerprint density at radius 1 is 1.17 bits per heavy atom. The lowest BCUT2D eigenvalue weighted by Gasteiger charge is -2.31. The summed E-state index contributed by atoms with van der Waals surface area (Å²) < 4.78 is 10.8. The Labute approximate surface area is 107 Å². The number of rotatable bonds is 1. The minimum absolute atomic E-state index is 0.350. The Kier molecular flexibility index (Phi) is 2.18. The molecule has 3 aliphatic rings. The van der Waals surface area contributed by atoms with Crippen LogP contribution in [0.4, 0.5) is 0 Å². The van der Waals surface area contributed by atoms with Crippen molar-refractivity contribution in [1.82, 2.24) is 4.90 Å². The number of hydrogen-bond donors (Lipinski definition) is 0. The molecule has 18 heavy (non-hydrogen) atoms. The van der Waals surface area contributed by atoms with E-state index in [0.717, 1.165) is 17.5 Å². The van der Waals surface area contributed by atoms with Crippen molar-refractivity contribution in [2.45, 2.75) is 31.3 Å². The minimum Gasteiger partial charge on any atom is -0.454 e. The van der Waals surface area contributed by atoms with Gasteiger partial charge in [0.15, 0.2) is 11.5 Å². The fourth-order valence-electron chi connectivity index (χ4n) is 3.46. The van der Waals surface area contributed by atoms with Crippen LogP contribution in [0.5, 0.6) is 11.5 Å². The fraction of sp³-hybridized carbons (Fsp3) is 0.467. The molecular weight excluding hydrogens is 226 g/mol. The number of fused-ring (bicyclic) bond motifs is 3. The molecule has 94 valence electrons. The predicted octanol–water partition coefficient (Wildman–Crippen LogP) is 2.67. The maximum atomic E-state index is 5.47. The second kappa shape index (κ2) is 3.75. The molecule has 1 aromatic rings. The maximum Gasteiger partial charge on any atom is 0.231 e. The molecule has 0 spiro atoms. The van der Waals surface area contributed by atoms with E-state index in [9.17, 15) is 0 Å². The molecule has 4 rings (SSSR count). The average molecular weight is 243 g/mol. The Bertz CT molecular complexity index is 523. The lowest BCUT2D eigenvalue weighted by molar-refractivity contribution is 0.174. The Morgan fingerprint density at radius 2 is 2.06 bits per heavy atom. The van der Waals surface area contributed by atoms with Crippen LogP contribution < -0.4 is 9.47 Å². The summed E-state index contributed by atoms with van der Waals surface area (Å²) in [5.41, 5.74) is 2.75. The molecule has 0 N–H and O–H groups in total. The normalized spacial score (nSPS) is 29.5. The third-order valence-corrected chi connectivity index (χ3v) is 4.52. The lowest BCUT2D eigenvalue weighted by Crippen LogP contribution is -2.35. The second-order valence-electron chi connectivity index (χ2n) is 5.38. The van der Waals surface area contributed by atoms with Gasteiger partial charge in [0.1, 0.15) is 0 Å². The van der Waals surface area contributed by atoms with Gasteiger partial charge in [0, 0.05) is 12.1 Å². The number of nitrogens with zero attached hydrogens (tertiary/aromatic N) is 1. The molecular formula is C15H17NO2. The van der Waals surface area contributed by atoms with E-state index in [2.05, 4.69) is 30.2 Å². The molecule has 1 fully saturated rings. The predicted molar refractivity (Wildman–Crippen MR) is 69.7 cm³/mol. The molecule has 3 heterocycles. The largest absolute Gasteiger partial charge is 0.454 e. The molecule has 0 amide bonds. The van der Waals surface area contributed by atoms with Gasteiger partial charge < -0.3 is 9.47 Å². The highest BCUT2D eigenvalue weighted by Crippen LogP contribution is 2.41. The molecule has 2 atom stereocenters. The smallest absolute Gasteiger partial charge is 0.231 e. The average Bonchev–Trinajstić information content (AvgIpc) is 2.91. The van der Waals surface area contributed by atoms with Crippen molar-refractivity contribution in [3.8, 4) is 11.5 Å². The summed E-state index contributed by atoms with van der Waals surface area (Å²) in [5, 5.41) is 0. The van der Waals surface area contributed by atoms with Crippen LogP contribution in [0.15, 0.2) is 24.3 Å². The first-order valence-electron chi connectivity index (χ1n) is 6.65. The van der Waals surface area contributed by atoms with Crippen LogP contribution in [0.2, 0.25) is 0 Å². The molecule has 0 aliphatic carbocycles. The lowest BCUT2D eigenvalue weighted by atomic mass is 9.94. The first-order chi connectivity index (χ1) is 8.83. The van der Waals surface area contributed by atoms with Crippen LogP contribution in [0, 0.1) is 0 Å². The summed E-state index contributed by atoms with van der Waals surface area (Å²) in [6, 6.07) is 7.66. The maximum absolute atomic E-state index is 5.47. The standard InChI is InChI=1S/C15H17NO2/c1-16-11-3-5-12(13(16)6-4-11)10-2-7-14-15(8-10)18-9-17-14/h2,5,7-8,11,13H,3-4,6,9H2,1H3. The van der Waals surface area contributed by atoms with E-state index in [1.165, 1.54) is 30.4 Å². The van der Waals surface area contributed by atoms with E-state index in [0.29, 0.717) is 12.8 Å². The molecule has 3 heteroatoms. The van der Waals surface area contributed by atoms with Crippen molar-refractivity contribution in [2.24, 2.45) is 0 Å². The summed E-state index contributed by atoms with van der Waals surface area (Å²) in [4.78, 5) is 2.53. The third-order valence-electron chi connectivity index (χ3n) is 4.52.